The maximum atomic E-state index is 10.3. The second-order valence-corrected chi connectivity index (χ2v) is 4.15. The van der Waals surface area contributed by atoms with Crippen molar-refractivity contribution in [2.75, 3.05) is 24.2 Å². The molecule has 1 aromatic carbocycles. The summed E-state index contributed by atoms with van der Waals surface area (Å²) in [5, 5.41) is 2.92. The Kier molecular flexibility index (Phi) is 2.22. The lowest BCUT2D eigenvalue weighted by atomic mass is 10.2. The molecule has 0 radical (unpaired) electrons. The third-order valence-electron chi connectivity index (χ3n) is 2.14. The van der Waals surface area contributed by atoms with Crippen LogP contribution in [0.15, 0.2) is 28.3 Å². The minimum Gasteiger partial charge on any atom is -0.373 e. The van der Waals surface area contributed by atoms with Crippen LogP contribution in [0.2, 0.25) is 0 Å². The van der Waals surface area contributed by atoms with Crippen LogP contribution in [0.5, 0.6) is 0 Å². The highest BCUT2D eigenvalue weighted by molar-refractivity contribution is 7.99. The first-order chi connectivity index (χ1) is 6.31. The molecule has 0 aliphatic carbocycles. The van der Waals surface area contributed by atoms with E-state index in [0.29, 0.717) is 5.69 Å². The summed E-state index contributed by atoms with van der Waals surface area (Å²) in [4.78, 5) is 13.7. The van der Waals surface area contributed by atoms with Crippen LogP contribution in [0.3, 0.4) is 0 Å². The Labute approximate surface area is 81.1 Å². The molecule has 13 heavy (non-hydrogen) atoms. The van der Waals surface area contributed by atoms with Crippen molar-refractivity contribution in [3.8, 4) is 0 Å². The van der Waals surface area contributed by atoms with Crippen LogP contribution in [0.1, 0.15) is 0 Å². The second kappa shape index (κ2) is 3.38. The third-order valence-corrected chi connectivity index (χ3v) is 3.17. The molecule has 0 N–H and O–H groups in total. The standard InChI is InChI=1S/C9H10N2OS/c1-11-4-5-13-9-6-7(10-12)2-3-8(9)11/h2-3,6H,4-5H2,1H3. The van der Waals surface area contributed by atoms with Gasteiger partial charge in [0.15, 0.2) is 0 Å². The molecule has 0 bridgehead atoms. The zero-order valence-electron chi connectivity index (χ0n) is 7.36. The van der Waals surface area contributed by atoms with Gasteiger partial charge in [0.1, 0.15) is 5.69 Å². The first kappa shape index (κ1) is 8.56. The van der Waals surface area contributed by atoms with E-state index in [2.05, 4.69) is 17.1 Å². The third kappa shape index (κ3) is 1.54. The van der Waals surface area contributed by atoms with Crippen molar-refractivity contribution >= 4 is 23.1 Å². The topological polar surface area (TPSA) is 32.7 Å². The van der Waals surface area contributed by atoms with Crippen molar-refractivity contribution < 1.29 is 0 Å². The van der Waals surface area contributed by atoms with Gasteiger partial charge in [-0.3, -0.25) is 0 Å². The highest BCUT2D eigenvalue weighted by atomic mass is 32.2. The number of hydrogen-bond acceptors (Lipinski definition) is 4. The van der Waals surface area contributed by atoms with Crippen LogP contribution in [-0.4, -0.2) is 19.3 Å². The van der Waals surface area contributed by atoms with Crippen molar-refractivity contribution in [3.63, 3.8) is 0 Å². The Hall–Kier alpha value is -1.03. The Morgan fingerprint density at radius 3 is 3.15 bits per heavy atom. The van der Waals surface area contributed by atoms with E-state index in [1.807, 2.05) is 12.1 Å². The monoisotopic (exact) mass is 194 g/mol. The molecule has 1 heterocycles. The van der Waals surface area contributed by atoms with Crippen molar-refractivity contribution in [3.05, 3.63) is 23.1 Å². The van der Waals surface area contributed by atoms with Gasteiger partial charge in [0.25, 0.3) is 0 Å². The van der Waals surface area contributed by atoms with Gasteiger partial charge < -0.3 is 4.90 Å². The number of nitroso groups, excluding NO2 is 1. The molecule has 1 aliphatic heterocycles. The zero-order valence-corrected chi connectivity index (χ0v) is 8.17. The predicted octanol–water partition coefficient (Wildman–Crippen LogP) is 2.63. The maximum Gasteiger partial charge on any atom is 0.109 e. The molecule has 0 aromatic heterocycles. The highest BCUT2D eigenvalue weighted by Crippen LogP contribution is 2.36. The van der Waals surface area contributed by atoms with Crippen molar-refractivity contribution in [1.82, 2.24) is 0 Å². The first-order valence-corrected chi connectivity index (χ1v) is 5.11. The fourth-order valence-electron chi connectivity index (χ4n) is 1.40. The molecule has 0 fully saturated rings. The number of thioether (sulfide) groups is 1. The number of anilines is 1. The van der Waals surface area contributed by atoms with Crippen LogP contribution in [0, 0.1) is 4.91 Å². The van der Waals surface area contributed by atoms with Crippen molar-refractivity contribution in [2.24, 2.45) is 5.18 Å². The molecular formula is C9H10N2OS. The van der Waals surface area contributed by atoms with Gasteiger partial charge in [-0.05, 0) is 23.4 Å². The summed E-state index contributed by atoms with van der Waals surface area (Å²) in [5.74, 6) is 1.08. The number of rotatable bonds is 1. The average Bonchev–Trinajstić information content (AvgIpc) is 2.18. The molecule has 1 aromatic rings. The molecule has 4 heteroatoms. The number of benzene rings is 1. The highest BCUT2D eigenvalue weighted by Gasteiger charge is 2.14. The molecule has 0 spiro atoms. The quantitative estimate of drug-likeness (QED) is 0.644. The fraction of sp³-hybridized carbons (Fsp3) is 0.333. The van der Waals surface area contributed by atoms with Gasteiger partial charge in [-0.15, -0.1) is 16.7 Å². The molecular weight excluding hydrogens is 184 g/mol. The molecule has 0 saturated heterocycles. The smallest absolute Gasteiger partial charge is 0.109 e. The van der Waals surface area contributed by atoms with E-state index in [9.17, 15) is 4.91 Å². The number of nitrogens with zero attached hydrogens (tertiary/aromatic N) is 2. The summed E-state index contributed by atoms with van der Waals surface area (Å²) < 4.78 is 0. The van der Waals surface area contributed by atoms with Crippen molar-refractivity contribution in [1.29, 1.82) is 0 Å². The van der Waals surface area contributed by atoms with E-state index >= 15 is 0 Å². The molecule has 3 nitrogen and oxygen atoms in total. The van der Waals surface area contributed by atoms with Gasteiger partial charge in [-0.1, -0.05) is 0 Å². The molecule has 0 atom stereocenters. The van der Waals surface area contributed by atoms with E-state index in [0.717, 1.165) is 17.2 Å². The van der Waals surface area contributed by atoms with Crippen LogP contribution >= 0.6 is 11.8 Å². The lowest BCUT2D eigenvalue weighted by molar-refractivity contribution is 0.944. The van der Waals surface area contributed by atoms with Gasteiger partial charge in [0, 0.05) is 24.2 Å². The lowest BCUT2D eigenvalue weighted by Gasteiger charge is -2.26. The normalized spacial score (nSPS) is 15.3. The lowest BCUT2D eigenvalue weighted by Crippen LogP contribution is -2.23. The summed E-state index contributed by atoms with van der Waals surface area (Å²) in [6, 6.07) is 5.56. The van der Waals surface area contributed by atoms with Crippen LogP contribution < -0.4 is 4.90 Å². The summed E-state index contributed by atoms with van der Waals surface area (Å²) in [5.41, 5.74) is 1.71. The zero-order chi connectivity index (χ0) is 9.26. The summed E-state index contributed by atoms with van der Waals surface area (Å²) in [6.45, 7) is 1.06. The number of fused-ring (bicyclic) bond motifs is 1. The van der Waals surface area contributed by atoms with Gasteiger partial charge >= 0.3 is 0 Å². The summed E-state index contributed by atoms with van der Waals surface area (Å²) in [6.07, 6.45) is 0. The second-order valence-electron chi connectivity index (χ2n) is 3.01. The van der Waals surface area contributed by atoms with Crippen LogP contribution in [0.4, 0.5) is 11.4 Å². The largest absolute Gasteiger partial charge is 0.373 e. The number of hydrogen-bond donors (Lipinski definition) is 0. The maximum absolute atomic E-state index is 10.3. The Balaban J connectivity index is 2.45. The van der Waals surface area contributed by atoms with E-state index in [1.165, 1.54) is 5.69 Å². The first-order valence-electron chi connectivity index (χ1n) is 4.12. The van der Waals surface area contributed by atoms with E-state index in [-0.39, 0.29) is 0 Å². The Bertz CT molecular complexity index is 340. The molecule has 2 rings (SSSR count). The van der Waals surface area contributed by atoms with Gasteiger partial charge in [0.2, 0.25) is 0 Å². The van der Waals surface area contributed by atoms with Gasteiger partial charge in [-0.25, -0.2) is 0 Å². The summed E-state index contributed by atoms with van der Waals surface area (Å²) >= 11 is 1.78. The fourth-order valence-corrected chi connectivity index (χ4v) is 2.56. The van der Waals surface area contributed by atoms with Crippen molar-refractivity contribution in [2.45, 2.75) is 4.90 Å². The molecule has 0 amide bonds. The minimum absolute atomic E-state index is 0.515. The average molecular weight is 194 g/mol. The van der Waals surface area contributed by atoms with Crippen LogP contribution in [0.25, 0.3) is 0 Å². The summed E-state index contributed by atoms with van der Waals surface area (Å²) in [7, 11) is 2.06. The van der Waals surface area contributed by atoms with Gasteiger partial charge in [-0.2, -0.15) is 0 Å². The minimum atomic E-state index is 0.515. The van der Waals surface area contributed by atoms with Crippen LogP contribution in [-0.2, 0) is 0 Å². The Morgan fingerprint density at radius 2 is 2.38 bits per heavy atom. The molecule has 0 unspecified atom stereocenters. The van der Waals surface area contributed by atoms with E-state index in [1.54, 1.807) is 17.8 Å². The predicted molar refractivity (Wildman–Crippen MR) is 55.9 cm³/mol. The SMILES string of the molecule is CN1CCSc2cc(N=O)ccc21. The van der Waals surface area contributed by atoms with E-state index in [4.69, 9.17) is 0 Å². The molecule has 68 valence electrons. The van der Waals surface area contributed by atoms with Gasteiger partial charge in [0.05, 0.1) is 5.69 Å². The molecule has 0 saturated carbocycles. The molecule has 1 aliphatic rings. The Morgan fingerprint density at radius 1 is 1.54 bits per heavy atom. The van der Waals surface area contributed by atoms with E-state index < -0.39 is 0 Å².